The number of aliphatic carboxylic acids is 2. The van der Waals surface area contributed by atoms with Crippen molar-refractivity contribution >= 4 is 69.9 Å². The van der Waals surface area contributed by atoms with E-state index in [4.69, 9.17) is 58.2 Å². The Morgan fingerprint density at radius 1 is 0.513 bits per heavy atom. The average molecular weight is 1730 g/mol. The number of ketones is 2. The van der Waals surface area contributed by atoms with Crippen molar-refractivity contribution in [3.05, 3.63) is 32.2 Å². The molecule has 0 bridgehead atoms. The number of rotatable bonds is 35. The summed E-state index contributed by atoms with van der Waals surface area (Å²) in [5, 5.41) is 148. The molecule has 0 aromatic carbocycles. The van der Waals surface area contributed by atoms with E-state index in [-0.39, 0.29) is 85.3 Å². The largest absolute Gasteiger partial charge is 0.479 e. The lowest BCUT2D eigenvalue weighted by Crippen LogP contribution is -2.67. The lowest BCUT2D eigenvalue weighted by molar-refractivity contribution is -0.338. The number of nitrogens with one attached hydrogen (secondary N) is 3. The van der Waals surface area contributed by atoms with Crippen LogP contribution in [-0.4, -0.2) is 309 Å². The molecule has 0 radical (unpaired) electrons. The van der Waals surface area contributed by atoms with Gasteiger partial charge in [0, 0.05) is 67.2 Å². The second kappa shape index (κ2) is 47.6. The van der Waals surface area contributed by atoms with Crippen LogP contribution in [0.2, 0.25) is 0 Å². The normalized spacial score (nSPS) is 35.8. The lowest BCUT2D eigenvalue weighted by atomic mass is 9.74. The Morgan fingerprint density at radius 3 is 1.24 bits per heavy atom. The Labute approximate surface area is 700 Å². The van der Waals surface area contributed by atoms with E-state index in [0.717, 1.165) is 86.9 Å². The predicted octanol–water partition coefficient (Wildman–Crippen LogP) is 1.83. The molecule has 8 fully saturated rings. The third-order valence-electron chi connectivity index (χ3n) is 24.0. The van der Waals surface area contributed by atoms with Gasteiger partial charge in [-0.05, 0) is 109 Å². The highest BCUT2D eigenvalue weighted by atomic mass is 32.1. The Balaban J connectivity index is 0.000000270. The molecule has 37 nitrogen and oxygen atoms in total. The van der Waals surface area contributed by atoms with Crippen molar-refractivity contribution < 1.29 is 152 Å². The van der Waals surface area contributed by atoms with Crippen LogP contribution >= 0.6 is 22.7 Å². The van der Waals surface area contributed by atoms with E-state index in [0.29, 0.717) is 50.1 Å². The first-order valence-corrected chi connectivity index (χ1v) is 43.7. The smallest absolute Gasteiger partial charge is 0.365 e. The number of ether oxygens (including phenoxy) is 10. The van der Waals surface area contributed by atoms with Crippen molar-refractivity contribution in [2.75, 3.05) is 26.3 Å². The predicted molar refractivity (Wildman–Crippen MR) is 421 cm³/mol. The van der Waals surface area contributed by atoms with Gasteiger partial charge in [-0.3, -0.25) is 24.0 Å². The number of hydrogen-bond acceptors (Lipinski definition) is 33. The number of aryl methyl sites for hydroxylation is 2. The highest BCUT2D eigenvalue weighted by Crippen LogP contribution is 2.44. The van der Waals surface area contributed by atoms with Crippen LogP contribution in [-0.2, 0) is 76.1 Å². The van der Waals surface area contributed by atoms with Gasteiger partial charge in [-0.25, -0.2) is 24.4 Å². The van der Waals surface area contributed by atoms with E-state index >= 15 is 0 Å². The van der Waals surface area contributed by atoms with Crippen LogP contribution in [0.1, 0.15) is 214 Å². The fourth-order valence-corrected chi connectivity index (χ4v) is 18.7. The molecule has 39 heteroatoms. The molecule has 2 aromatic heterocycles. The van der Waals surface area contributed by atoms with Gasteiger partial charge >= 0.3 is 17.9 Å². The van der Waals surface area contributed by atoms with Crippen molar-refractivity contribution in [1.82, 2.24) is 25.9 Å². The molecule has 8 aliphatic rings. The number of aromatic carboxylic acids is 1. The molecule has 4 aliphatic carbocycles. The first-order chi connectivity index (χ1) is 56.6. The van der Waals surface area contributed by atoms with Crippen molar-refractivity contribution in [1.29, 1.82) is 0 Å². The van der Waals surface area contributed by atoms with E-state index in [1.165, 1.54) is 39.0 Å². The molecule has 10 rings (SSSR count). The first-order valence-electron chi connectivity index (χ1n) is 41.9. The monoisotopic (exact) mass is 1730 g/mol. The summed E-state index contributed by atoms with van der Waals surface area (Å²) in [6, 6.07) is -2.55. The summed E-state index contributed by atoms with van der Waals surface area (Å²) in [7, 11) is 0. The zero-order valence-electron chi connectivity index (χ0n) is 69.0. The van der Waals surface area contributed by atoms with E-state index in [2.05, 4.69) is 25.9 Å². The van der Waals surface area contributed by atoms with Crippen molar-refractivity contribution in [3.63, 3.8) is 0 Å². The number of carbonyl (C=O) groups is 8. The van der Waals surface area contributed by atoms with Crippen LogP contribution in [0.25, 0.3) is 0 Å². The van der Waals surface area contributed by atoms with Gasteiger partial charge in [0.25, 0.3) is 5.91 Å². The van der Waals surface area contributed by atoms with E-state index in [9.17, 15) is 99.6 Å². The highest BCUT2D eigenvalue weighted by molar-refractivity contribution is 7.12. The lowest BCUT2D eigenvalue weighted by Gasteiger charge is -2.49. The minimum Gasteiger partial charge on any atom is -0.479 e. The number of carboxylic acid groups (broad SMARTS) is 3. The molecule has 18 N–H and O–H groups in total. The number of hydrogen-bond donors (Lipinski definition) is 17. The average Bonchev–Trinajstić information content (AvgIpc) is 1.09. The van der Waals surface area contributed by atoms with Gasteiger partial charge in [0.15, 0.2) is 42.4 Å². The molecule has 0 spiro atoms. The minimum absolute atomic E-state index is 0.0214. The van der Waals surface area contributed by atoms with Crippen LogP contribution in [0.5, 0.6) is 0 Å². The maximum absolute atomic E-state index is 13.9. The summed E-state index contributed by atoms with van der Waals surface area (Å²) >= 11 is 2.38. The number of carboxylic acids is 3. The summed E-state index contributed by atoms with van der Waals surface area (Å²) < 4.78 is 62.0. The quantitative estimate of drug-likeness (QED) is 0.0438. The zero-order chi connectivity index (χ0) is 87.2. The standard InChI is InChI=1S/C40H63N3O15S.C35H60N2O14.C5H5NO2S/c1-5-23-15-24(25(46)12-9-13-41-36(51)37-42-19(2)18-59-37)16-26(34(23)58-40-33(50)32(49)30(47)20(3)54-40)56-39-29(43-21(4)45)35(31(48)28(17-44)57-39)55-27(38(52)53)14-22-10-7-6-8-11-22;1-4-20-14-21(22(40)11-8-12-36)15-23(31(20)51-35-30(44)29(43)27(41)17(2)47-35)49-34-26(37-18(3)39)32(28(42)25(16-38)50-34)48-24(33(45)46)13-19-9-6-5-7-10-19;1-3-2-9-4(6-3)5(7)8/h18,20,22-24,26-35,39-40,44,47-50H,5-17H2,1-4H3,(H,41,51)(H,43,45)(H,52,53);17,19-21,23-32,34-35,38,41-44H,4-16,36H2,1-3H3,(H,37,39)(H,45,46);2H,1H3,(H,7,8)/t20-,23?,24?,26+,27-,28-,29?,30-,31-,32?,33-,34+,35?,39+,40?;17-,20?,21?,23+,24-,25-,26?,27-,28-,29?,30-,31+,32?,34+,35?;/m00./s1. The number of aliphatic hydroxyl groups excluding tert-OH is 10. The maximum Gasteiger partial charge on any atom is 0.365 e. The second-order valence-corrected chi connectivity index (χ2v) is 34.6. The molecule has 119 heavy (non-hydrogen) atoms. The zero-order valence-corrected chi connectivity index (χ0v) is 70.6. The molecule has 12 unspecified atom stereocenters. The number of carbonyl (C=O) groups excluding carboxylic acids is 5. The molecule has 4 saturated carbocycles. The third kappa shape index (κ3) is 27.5. The van der Waals surface area contributed by atoms with E-state index in [1.54, 1.807) is 24.6 Å². The van der Waals surface area contributed by atoms with Gasteiger partial charge in [-0.15, -0.1) is 22.7 Å². The molecule has 4 aliphatic heterocycles. The Kier molecular flexibility index (Phi) is 39.6. The highest BCUT2D eigenvalue weighted by Gasteiger charge is 2.56. The molecule has 3 amide bonds. The van der Waals surface area contributed by atoms with Crippen LogP contribution in [0.3, 0.4) is 0 Å². The minimum atomic E-state index is -1.65. The summed E-state index contributed by atoms with van der Waals surface area (Å²) in [5.74, 6) is -6.57. The molecule has 6 heterocycles. The molecule has 30 atom stereocenters. The third-order valence-corrected chi connectivity index (χ3v) is 25.9. The van der Waals surface area contributed by atoms with Gasteiger partial charge in [0.1, 0.15) is 96.9 Å². The summed E-state index contributed by atoms with van der Waals surface area (Å²) in [4.78, 5) is 108. The molecule has 676 valence electrons. The number of aliphatic hydroxyl groups is 10. The van der Waals surface area contributed by atoms with Gasteiger partial charge in [-0.1, -0.05) is 90.9 Å². The van der Waals surface area contributed by atoms with Gasteiger partial charge in [0.2, 0.25) is 16.8 Å². The number of Topliss-reactive ketones (excluding diaryl/α,β-unsaturated/α-hetero) is 2. The van der Waals surface area contributed by atoms with Gasteiger partial charge in [0.05, 0.1) is 49.8 Å². The van der Waals surface area contributed by atoms with Crippen LogP contribution < -0.4 is 21.7 Å². The molecule has 2 aromatic rings. The van der Waals surface area contributed by atoms with Gasteiger partial charge < -0.3 is 135 Å². The number of thiazole rings is 2. The van der Waals surface area contributed by atoms with Crippen molar-refractivity contribution in [3.8, 4) is 0 Å². The SMILES string of the molecule is CCC1CC(C(=O)CCCN)C[C@@H](O[C@@H]2O[C@@H](CO)[C@H](O)C(O[C@@H](CC3CCCCC3)C(=O)O)C2NC(C)=O)[C@@H]1OC1O[C@@H](C)[C@H](O)C(O)[C@@H]1O.CCC1CC(C(=O)CCCNC(=O)c2nc(C)cs2)C[C@@H](O[C@@H]2O[C@@H](CO)[C@H](O)C(O[C@@H](CC3CCCCC3)C(=O)O)C2NC(C)=O)[C@@H]1OC1O[C@@H](C)[C@H](O)C(O)[C@@H]1O.Cc1csc(C(=O)O)n1. The van der Waals surface area contributed by atoms with E-state index in [1.807, 2.05) is 13.8 Å². The Bertz CT molecular complexity index is 3520. The first kappa shape index (κ1) is 99.0. The van der Waals surface area contributed by atoms with Crippen LogP contribution in [0.4, 0.5) is 0 Å². The number of nitrogens with two attached hydrogens (primary N) is 1. The second-order valence-electron chi connectivity index (χ2n) is 32.9. The maximum atomic E-state index is 13.9. The topological polar surface area (TPSA) is 580 Å². The molecular formula is C80H128N6O31S2. The Morgan fingerprint density at radius 2 is 0.908 bits per heavy atom. The Hall–Kier alpha value is -5.42. The molecular weight excluding hydrogens is 1610 g/mol. The summed E-state index contributed by atoms with van der Waals surface area (Å²) in [6.07, 6.45) is -18.7. The van der Waals surface area contributed by atoms with Crippen molar-refractivity contribution in [2.24, 2.45) is 41.2 Å². The summed E-state index contributed by atoms with van der Waals surface area (Å²) in [6.45, 7) is 12.0. The van der Waals surface area contributed by atoms with Gasteiger partial charge in [-0.2, -0.15) is 0 Å². The van der Waals surface area contributed by atoms with Crippen LogP contribution in [0, 0.1) is 49.4 Å². The number of aromatic nitrogens is 2. The van der Waals surface area contributed by atoms with E-state index < -0.39 is 220 Å². The number of nitrogens with zero attached hydrogens (tertiary/aromatic N) is 2. The fraction of sp³-hybridized carbons (Fsp3) is 0.825. The summed E-state index contributed by atoms with van der Waals surface area (Å²) in [5.41, 5.74) is 7.17. The number of amides is 3. The van der Waals surface area contributed by atoms with Crippen molar-refractivity contribution in [2.45, 2.75) is 356 Å². The van der Waals surface area contributed by atoms with Crippen LogP contribution in [0.15, 0.2) is 10.8 Å². The fourth-order valence-electron chi connectivity index (χ4n) is 17.4. The molecule has 4 saturated heterocycles.